The summed E-state index contributed by atoms with van der Waals surface area (Å²) >= 11 is 6.12. The molecule has 0 N–H and O–H groups in total. The molecule has 0 atom stereocenters. The number of methoxy groups -OCH3 is 1. The number of aryl methyl sites for hydroxylation is 2. The fraction of sp³-hybridized carbons (Fsp3) is 0.231. The van der Waals surface area contributed by atoms with Crippen LogP contribution >= 0.6 is 11.6 Å². The van der Waals surface area contributed by atoms with E-state index in [9.17, 15) is 4.79 Å². The predicted octanol–water partition coefficient (Wildman–Crippen LogP) is 1.39. The maximum atomic E-state index is 12.7. The third-order valence-electron chi connectivity index (χ3n) is 3.32. The second-order valence-electron chi connectivity index (χ2n) is 4.61. The monoisotopic (exact) mass is 305 g/mol. The number of rotatable bonds is 2. The number of tetrazole rings is 1. The smallest absolute Gasteiger partial charge is 0.200 e. The minimum absolute atomic E-state index is 0.170. The van der Waals surface area contributed by atoms with Crippen LogP contribution < -0.4 is 10.2 Å². The van der Waals surface area contributed by atoms with Gasteiger partial charge in [-0.1, -0.05) is 11.6 Å². The van der Waals surface area contributed by atoms with Crippen LogP contribution in [-0.2, 0) is 14.1 Å². The van der Waals surface area contributed by atoms with Gasteiger partial charge in [0.05, 0.1) is 28.6 Å². The number of nitrogens with zero attached hydrogens (tertiary/aromatic N) is 5. The zero-order valence-electron chi connectivity index (χ0n) is 11.7. The van der Waals surface area contributed by atoms with Gasteiger partial charge in [-0.15, -0.1) is 5.10 Å². The van der Waals surface area contributed by atoms with Crippen LogP contribution in [0.4, 0.5) is 0 Å². The van der Waals surface area contributed by atoms with Gasteiger partial charge in [0.25, 0.3) is 0 Å². The molecule has 3 rings (SSSR count). The summed E-state index contributed by atoms with van der Waals surface area (Å²) in [6.45, 7) is 0. The van der Waals surface area contributed by atoms with Crippen molar-refractivity contribution in [3.63, 3.8) is 0 Å². The van der Waals surface area contributed by atoms with Crippen molar-refractivity contribution in [3.8, 4) is 17.1 Å². The summed E-state index contributed by atoms with van der Waals surface area (Å²) in [5.74, 6) is 0.862. The first-order valence-electron chi connectivity index (χ1n) is 6.12. The summed E-state index contributed by atoms with van der Waals surface area (Å²) in [6, 6.07) is 3.34. The van der Waals surface area contributed by atoms with Crippen LogP contribution in [0.25, 0.3) is 22.3 Å². The fourth-order valence-electron chi connectivity index (χ4n) is 2.26. The maximum Gasteiger partial charge on any atom is 0.200 e. The molecule has 1 aromatic carbocycles. The fourth-order valence-corrected chi connectivity index (χ4v) is 2.49. The van der Waals surface area contributed by atoms with E-state index in [2.05, 4.69) is 15.5 Å². The van der Waals surface area contributed by atoms with Crippen LogP contribution in [0.1, 0.15) is 0 Å². The molecular formula is C13H12ClN5O2. The molecule has 0 saturated heterocycles. The van der Waals surface area contributed by atoms with Crippen molar-refractivity contribution in [2.45, 2.75) is 0 Å². The van der Waals surface area contributed by atoms with Crippen LogP contribution in [0.2, 0.25) is 5.02 Å². The third-order valence-corrected chi connectivity index (χ3v) is 3.62. The van der Waals surface area contributed by atoms with Crippen molar-refractivity contribution >= 4 is 22.5 Å². The van der Waals surface area contributed by atoms with E-state index in [1.54, 1.807) is 25.4 Å². The molecule has 0 fully saturated rings. The van der Waals surface area contributed by atoms with E-state index in [1.165, 1.54) is 11.8 Å². The van der Waals surface area contributed by atoms with Gasteiger partial charge in [-0.25, -0.2) is 4.68 Å². The minimum atomic E-state index is -0.170. The van der Waals surface area contributed by atoms with Gasteiger partial charge in [0.1, 0.15) is 5.75 Å². The van der Waals surface area contributed by atoms with Crippen molar-refractivity contribution in [1.82, 2.24) is 24.8 Å². The number of fused-ring (bicyclic) bond motifs is 1. The first-order valence-corrected chi connectivity index (χ1v) is 6.50. The number of hydrogen-bond acceptors (Lipinski definition) is 5. The van der Waals surface area contributed by atoms with E-state index >= 15 is 0 Å². The van der Waals surface area contributed by atoms with Crippen LogP contribution in [0, 0.1) is 0 Å². The molecule has 0 aliphatic heterocycles. The summed E-state index contributed by atoms with van der Waals surface area (Å²) < 4.78 is 8.44. The van der Waals surface area contributed by atoms with Gasteiger partial charge >= 0.3 is 0 Å². The molecule has 0 saturated carbocycles. The van der Waals surface area contributed by atoms with Crippen molar-refractivity contribution in [2.75, 3.05) is 7.11 Å². The lowest BCUT2D eigenvalue weighted by Gasteiger charge is -2.11. The zero-order chi connectivity index (χ0) is 15.1. The Hall–Kier alpha value is -2.41. The molecule has 3 aromatic rings. The van der Waals surface area contributed by atoms with Gasteiger partial charge in [-0.2, -0.15) is 0 Å². The lowest BCUT2D eigenvalue weighted by molar-refractivity contribution is 0.415. The van der Waals surface area contributed by atoms with Crippen LogP contribution in [0.15, 0.2) is 23.1 Å². The van der Waals surface area contributed by atoms with Crippen LogP contribution in [0.3, 0.4) is 0 Å². The highest BCUT2D eigenvalue weighted by Crippen LogP contribution is 2.29. The van der Waals surface area contributed by atoms with E-state index in [4.69, 9.17) is 16.3 Å². The highest BCUT2D eigenvalue weighted by molar-refractivity contribution is 6.32. The lowest BCUT2D eigenvalue weighted by Crippen LogP contribution is -2.13. The lowest BCUT2D eigenvalue weighted by atomic mass is 10.1. The first-order chi connectivity index (χ1) is 10.0. The summed E-state index contributed by atoms with van der Waals surface area (Å²) in [6.07, 6.45) is 1.69. The predicted molar refractivity (Wildman–Crippen MR) is 78.5 cm³/mol. The number of hydrogen-bond donors (Lipinski definition) is 0. The van der Waals surface area contributed by atoms with Gasteiger partial charge in [-0.3, -0.25) is 4.79 Å². The SMILES string of the molecule is COc1cc2c(=O)c(-c3nnnn3C)cn(C)c2cc1Cl. The normalized spacial score (nSPS) is 11.0. The van der Waals surface area contributed by atoms with E-state index in [0.29, 0.717) is 33.1 Å². The molecule has 0 spiro atoms. The third kappa shape index (κ3) is 2.06. The largest absolute Gasteiger partial charge is 0.495 e. The van der Waals surface area contributed by atoms with E-state index in [-0.39, 0.29) is 5.43 Å². The topological polar surface area (TPSA) is 74.8 Å². The Morgan fingerprint density at radius 3 is 2.67 bits per heavy atom. The Balaban J connectivity index is 2.41. The van der Waals surface area contributed by atoms with E-state index < -0.39 is 0 Å². The van der Waals surface area contributed by atoms with Gasteiger partial charge in [0, 0.05) is 20.3 Å². The van der Waals surface area contributed by atoms with Crippen LogP contribution in [-0.4, -0.2) is 31.9 Å². The van der Waals surface area contributed by atoms with Crippen molar-refractivity contribution in [3.05, 3.63) is 33.6 Å². The van der Waals surface area contributed by atoms with Gasteiger partial charge in [-0.05, 0) is 22.6 Å². The summed E-state index contributed by atoms with van der Waals surface area (Å²) in [4.78, 5) is 12.7. The first kappa shape index (κ1) is 13.6. The Morgan fingerprint density at radius 1 is 1.29 bits per heavy atom. The Morgan fingerprint density at radius 2 is 2.05 bits per heavy atom. The molecule has 0 radical (unpaired) electrons. The van der Waals surface area contributed by atoms with Gasteiger partial charge in [0.2, 0.25) is 5.43 Å². The molecule has 2 heterocycles. The highest BCUT2D eigenvalue weighted by atomic mass is 35.5. The van der Waals surface area contributed by atoms with Crippen molar-refractivity contribution in [2.24, 2.45) is 14.1 Å². The molecule has 0 aliphatic rings. The standard InChI is InChI=1S/C13H12ClN5O2/c1-18-6-8(13-15-16-17-19(13)2)12(20)7-4-11(21-3)9(14)5-10(7)18/h4-6H,1-3H3. The average Bonchev–Trinajstić information content (AvgIpc) is 2.88. The molecule has 0 bridgehead atoms. The number of aromatic nitrogens is 5. The molecule has 7 nitrogen and oxygen atoms in total. The minimum Gasteiger partial charge on any atom is -0.495 e. The van der Waals surface area contributed by atoms with Crippen LogP contribution in [0.5, 0.6) is 5.75 Å². The molecule has 21 heavy (non-hydrogen) atoms. The Kier molecular flexibility index (Phi) is 3.13. The number of halogens is 1. The quantitative estimate of drug-likeness (QED) is 0.715. The number of ether oxygens (including phenoxy) is 1. The van der Waals surface area contributed by atoms with E-state index in [0.717, 1.165) is 0 Å². The zero-order valence-corrected chi connectivity index (χ0v) is 12.4. The van der Waals surface area contributed by atoms with Gasteiger partial charge in [0.15, 0.2) is 5.82 Å². The van der Waals surface area contributed by atoms with E-state index in [1.807, 2.05) is 11.6 Å². The molecule has 2 aromatic heterocycles. The second-order valence-corrected chi connectivity index (χ2v) is 5.02. The summed E-state index contributed by atoms with van der Waals surface area (Å²) in [5.41, 5.74) is 0.961. The Labute approximate surface area is 124 Å². The van der Waals surface area contributed by atoms with Crippen molar-refractivity contribution in [1.29, 1.82) is 0 Å². The molecule has 0 aliphatic carbocycles. The molecule has 8 heteroatoms. The summed E-state index contributed by atoms with van der Waals surface area (Å²) in [7, 11) is 5.02. The van der Waals surface area contributed by atoms with Gasteiger partial charge < -0.3 is 9.30 Å². The van der Waals surface area contributed by atoms with Crippen molar-refractivity contribution < 1.29 is 4.74 Å². The Bertz CT molecular complexity index is 899. The molecule has 108 valence electrons. The molecule has 0 unspecified atom stereocenters. The highest BCUT2D eigenvalue weighted by Gasteiger charge is 2.16. The number of pyridine rings is 1. The summed E-state index contributed by atoms with van der Waals surface area (Å²) in [5, 5.41) is 12.2. The molecular weight excluding hydrogens is 294 g/mol. The average molecular weight is 306 g/mol. The maximum absolute atomic E-state index is 12.7. The number of benzene rings is 1. The molecule has 0 amide bonds. The second kappa shape index (κ2) is 4.85.